The number of nitrogens with zero attached hydrogens (tertiary/aromatic N) is 2. The lowest BCUT2D eigenvalue weighted by molar-refractivity contribution is 0.479. The smallest absolute Gasteiger partial charge is 0.178 e. The molecule has 1 aliphatic rings. The van der Waals surface area contributed by atoms with Crippen LogP contribution in [-0.2, 0) is 6.42 Å². The van der Waals surface area contributed by atoms with Crippen LogP contribution in [0.2, 0.25) is 0 Å². The summed E-state index contributed by atoms with van der Waals surface area (Å²) in [5.74, 6) is 2.13. The highest BCUT2D eigenvalue weighted by molar-refractivity contribution is 9.10. The van der Waals surface area contributed by atoms with Gasteiger partial charge in [-0.25, -0.2) is 4.98 Å². The van der Waals surface area contributed by atoms with Gasteiger partial charge in [0.05, 0.1) is 0 Å². The Kier molecular flexibility index (Phi) is 5.48. The molecule has 4 nitrogen and oxygen atoms in total. The van der Waals surface area contributed by atoms with Gasteiger partial charge in [-0.15, -0.1) is 0 Å². The Hall–Kier alpha value is -2.28. The summed E-state index contributed by atoms with van der Waals surface area (Å²) in [6.45, 7) is 0. The first kappa shape index (κ1) is 18.1. The molecule has 1 aliphatic heterocycles. The first-order valence-electron chi connectivity index (χ1n) is 8.52. The molecular formula is C21H18BrN3OS. The van der Waals surface area contributed by atoms with Crippen LogP contribution in [0.4, 0.5) is 5.82 Å². The first-order chi connectivity index (χ1) is 13.2. The van der Waals surface area contributed by atoms with E-state index in [0.29, 0.717) is 11.6 Å². The van der Waals surface area contributed by atoms with Crippen molar-refractivity contribution in [2.24, 2.45) is 5.73 Å². The summed E-state index contributed by atoms with van der Waals surface area (Å²) in [5, 5.41) is 2.10. The molecule has 0 amide bonds. The Bertz CT molecular complexity index is 950. The number of para-hydroxylation sites is 1. The van der Waals surface area contributed by atoms with Crippen molar-refractivity contribution >= 4 is 33.5 Å². The highest BCUT2D eigenvalue weighted by Gasteiger charge is 2.29. The van der Waals surface area contributed by atoms with Crippen LogP contribution in [0, 0.1) is 0 Å². The molecule has 4 rings (SSSR count). The third kappa shape index (κ3) is 4.18. The molecule has 27 heavy (non-hydrogen) atoms. The van der Waals surface area contributed by atoms with Gasteiger partial charge in [0.15, 0.2) is 11.6 Å². The zero-order valence-electron chi connectivity index (χ0n) is 14.5. The summed E-state index contributed by atoms with van der Waals surface area (Å²) in [7, 11) is 0. The van der Waals surface area contributed by atoms with E-state index in [4.69, 9.17) is 10.5 Å². The standard InChI is InChI=1S/C21H18BrN3OS/c22-16-12-19(26-18-9-5-2-6-10-18)20(24-13-16)25-17(14-27-21(25)23)11-15-7-3-1-4-8-15/h1-10,12-14,21H,11,23H2. The molecule has 0 saturated carbocycles. The molecule has 0 saturated heterocycles. The minimum absolute atomic E-state index is 0.240. The Morgan fingerprint density at radius 1 is 1.07 bits per heavy atom. The largest absolute Gasteiger partial charge is 0.453 e. The van der Waals surface area contributed by atoms with Crippen LogP contribution in [0.1, 0.15) is 5.56 Å². The van der Waals surface area contributed by atoms with E-state index in [1.165, 1.54) is 5.56 Å². The third-order valence-corrected chi connectivity index (χ3v) is 5.47. The maximum atomic E-state index is 6.38. The van der Waals surface area contributed by atoms with Crippen molar-refractivity contribution < 1.29 is 4.74 Å². The Balaban J connectivity index is 1.67. The number of hydrogen-bond donors (Lipinski definition) is 1. The van der Waals surface area contributed by atoms with Gasteiger partial charge in [-0.2, -0.15) is 0 Å². The fraction of sp³-hybridized carbons (Fsp3) is 0.0952. The van der Waals surface area contributed by atoms with Gasteiger partial charge < -0.3 is 15.4 Å². The van der Waals surface area contributed by atoms with E-state index < -0.39 is 0 Å². The zero-order chi connectivity index (χ0) is 18.6. The maximum absolute atomic E-state index is 6.38. The molecule has 0 fully saturated rings. The number of pyridine rings is 1. The van der Waals surface area contributed by atoms with Crippen LogP contribution in [0.25, 0.3) is 0 Å². The first-order valence-corrected chi connectivity index (χ1v) is 10.3. The second-order valence-electron chi connectivity index (χ2n) is 6.06. The van der Waals surface area contributed by atoms with Crippen LogP contribution in [-0.4, -0.2) is 10.5 Å². The molecule has 0 radical (unpaired) electrons. The summed E-state index contributed by atoms with van der Waals surface area (Å²) < 4.78 is 6.98. The van der Waals surface area contributed by atoms with E-state index in [-0.39, 0.29) is 5.50 Å². The van der Waals surface area contributed by atoms with Gasteiger partial charge >= 0.3 is 0 Å². The monoisotopic (exact) mass is 439 g/mol. The lowest BCUT2D eigenvalue weighted by Gasteiger charge is -2.27. The average Bonchev–Trinajstić information content (AvgIpc) is 3.04. The fourth-order valence-corrected chi connectivity index (χ4v) is 4.06. The van der Waals surface area contributed by atoms with Crippen LogP contribution in [0.3, 0.4) is 0 Å². The maximum Gasteiger partial charge on any atom is 0.178 e. The van der Waals surface area contributed by atoms with Crippen LogP contribution in [0.15, 0.2) is 88.5 Å². The number of halogens is 1. The molecule has 0 bridgehead atoms. The summed E-state index contributed by atoms with van der Waals surface area (Å²) >= 11 is 5.07. The van der Waals surface area contributed by atoms with Crippen molar-refractivity contribution in [3.63, 3.8) is 0 Å². The predicted molar refractivity (Wildman–Crippen MR) is 115 cm³/mol. The van der Waals surface area contributed by atoms with E-state index in [0.717, 1.165) is 22.3 Å². The van der Waals surface area contributed by atoms with Crippen molar-refractivity contribution in [3.8, 4) is 11.5 Å². The van der Waals surface area contributed by atoms with E-state index in [1.54, 1.807) is 18.0 Å². The fourth-order valence-electron chi connectivity index (χ4n) is 2.90. The van der Waals surface area contributed by atoms with E-state index in [1.807, 2.05) is 59.5 Å². The molecule has 0 aliphatic carbocycles. The van der Waals surface area contributed by atoms with Crippen LogP contribution >= 0.6 is 27.7 Å². The number of benzene rings is 2. The SMILES string of the molecule is NC1SC=C(Cc2ccccc2)N1c1ncc(Br)cc1Oc1ccccc1. The predicted octanol–water partition coefficient (Wildman–Crippen LogP) is 5.52. The number of hydrogen-bond acceptors (Lipinski definition) is 5. The molecule has 136 valence electrons. The normalized spacial score (nSPS) is 16.3. The molecule has 1 aromatic heterocycles. The Labute approximate surface area is 171 Å². The number of rotatable bonds is 5. The van der Waals surface area contributed by atoms with Gasteiger partial charge in [-0.3, -0.25) is 0 Å². The summed E-state index contributed by atoms with van der Waals surface area (Å²) in [4.78, 5) is 6.66. The molecule has 0 spiro atoms. The summed E-state index contributed by atoms with van der Waals surface area (Å²) in [6, 6.07) is 22.0. The number of ether oxygens (including phenoxy) is 1. The van der Waals surface area contributed by atoms with E-state index >= 15 is 0 Å². The minimum atomic E-state index is -0.240. The summed E-state index contributed by atoms with van der Waals surface area (Å²) in [6.07, 6.45) is 2.55. The summed E-state index contributed by atoms with van der Waals surface area (Å²) in [5.41, 5.74) is 8.48. The van der Waals surface area contributed by atoms with Gasteiger partial charge in [0.1, 0.15) is 11.2 Å². The number of allylic oxidation sites excluding steroid dienone is 1. The van der Waals surface area contributed by atoms with Gasteiger partial charge in [0.2, 0.25) is 0 Å². The lowest BCUT2D eigenvalue weighted by atomic mass is 10.1. The molecule has 6 heteroatoms. The van der Waals surface area contributed by atoms with Crippen molar-refractivity contribution in [1.82, 2.24) is 4.98 Å². The average molecular weight is 440 g/mol. The number of thioether (sulfide) groups is 1. The quantitative estimate of drug-likeness (QED) is 0.567. The Morgan fingerprint density at radius 2 is 1.78 bits per heavy atom. The molecule has 3 aromatic rings. The number of aromatic nitrogens is 1. The second-order valence-corrected chi connectivity index (χ2v) is 7.97. The third-order valence-electron chi connectivity index (χ3n) is 4.13. The van der Waals surface area contributed by atoms with Gasteiger partial charge in [0, 0.05) is 28.9 Å². The molecule has 2 heterocycles. The molecule has 2 aromatic carbocycles. The molecule has 1 unspecified atom stereocenters. The molecule has 2 N–H and O–H groups in total. The molecular weight excluding hydrogens is 422 g/mol. The highest BCUT2D eigenvalue weighted by atomic mass is 79.9. The van der Waals surface area contributed by atoms with Crippen LogP contribution < -0.4 is 15.4 Å². The minimum Gasteiger partial charge on any atom is -0.453 e. The number of nitrogens with two attached hydrogens (primary N) is 1. The second kappa shape index (κ2) is 8.17. The van der Waals surface area contributed by atoms with Crippen LogP contribution in [0.5, 0.6) is 11.5 Å². The lowest BCUT2D eigenvalue weighted by Crippen LogP contribution is -2.36. The van der Waals surface area contributed by atoms with Crippen molar-refractivity contribution in [1.29, 1.82) is 0 Å². The zero-order valence-corrected chi connectivity index (χ0v) is 16.9. The van der Waals surface area contributed by atoms with Crippen molar-refractivity contribution in [3.05, 3.63) is 94.1 Å². The number of anilines is 1. The van der Waals surface area contributed by atoms with Gasteiger partial charge in [-0.05, 0) is 39.0 Å². The molecule has 1 atom stereocenters. The van der Waals surface area contributed by atoms with Gasteiger partial charge in [0.25, 0.3) is 0 Å². The van der Waals surface area contributed by atoms with Gasteiger partial charge in [-0.1, -0.05) is 60.3 Å². The van der Waals surface area contributed by atoms with E-state index in [9.17, 15) is 0 Å². The topological polar surface area (TPSA) is 51.4 Å². The Morgan fingerprint density at radius 3 is 2.52 bits per heavy atom. The van der Waals surface area contributed by atoms with Crippen molar-refractivity contribution in [2.45, 2.75) is 11.9 Å². The van der Waals surface area contributed by atoms with E-state index in [2.05, 4.69) is 38.5 Å². The highest BCUT2D eigenvalue weighted by Crippen LogP contribution is 2.40. The van der Waals surface area contributed by atoms with Crippen molar-refractivity contribution in [2.75, 3.05) is 4.90 Å².